The molecule has 0 unspecified atom stereocenters. The zero-order chi connectivity index (χ0) is 20.4. The van der Waals surface area contributed by atoms with Crippen LogP contribution in [0, 0.1) is 13.8 Å². The van der Waals surface area contributed by atoms with Crippen LogP contribution in [0.5, 0.6) is 0 Å². The van der Waals surface area contributed by atoms with Crippen molar-refractivity contribution in [1.82, 2.24) is 4.98 Å². The molecule has 1 aromatic heterocycles. The van der Waals surface area contributed by atoms with Crippen LogP contribution in [0.4, 0.5) is 13.2 Å². The van der Waals surface area contributed by atoms with Gasteiger partial charge in [-0.3, -0.25) is 4.79 Å². The zero-order valence-corrected chi connectivity index (χ0v) is 14.7. The monoisotopic (exact) mass is 383 g/mol. The number of halogens is 3. The molecule has 27 heavy (non-hydrogen) atoms. The number of alkyl halides is 3. The molecule has 1 aromatic carbocycles. The van der Waals surface area contributed by atoms with Crippen LogP contribution in [0.1, 0.15) is 48.0 Å². The molecule has 0 aliphatic rings. The molecule has 0 bridgehead atoms. The van der Waals surface area contributed by atoms with Gasteiger partial charge in [-0.2, -0.15) is 13.2 Å². The fourth-order valence-electron chi connectivity index (χ4n) is 2.52. The molecule has 2 aromatic rings. The third-order valence-corrected chi connectivity index (χ3v) is 3.88. The predicted molar refractivity (Wildman–Crippen MR) is 87.7 cm³/mol. The van der Waals surface area contributed by atoms with Gasteiger partial charge in [-0.25, -0.2) is 9.59 Å². The first-order valence-electron chi connectivity index (χ1n) is 7.71. The van der Waals surface area contributed by atoms with Crippen LogP contribution in [0.2, 0.25) is 0 Å². The molecule has 0 amide bonds. The van der Waals surface area contributed by atoms with Gasteiger partial charge in [0.2, 0.25) is 0 Å². The number of esters is 2. The minimum atomic E-state index is -4.59. The average Bonchev–Trinajstić information content (AvgIpc) is 2.92. The summed E-state index contributed by atoms with van der Waals surface area (Å²) < 4.78 is 47.6. The van der Waals surface area contributed by atoms with Crippen molar-refractivity contribution >= 4 is 17.7 Å². The van der Waals surface area contributed by atoms with Gasteiger partial charge in [-0.15, -0.1) is 0 Å². The SMILES string of the molecule is COC(=O)c1c(C)[nH]c(C(=O)OCC(=O)c2cccc(C(F)(F)F)c2)c1C. The number of Topliss-reactive ketones (excluding diaryl/α,β-unsaturated/α-hetero) is 1. The summed E-state index contributed by atoms with van der Waals surface area (Å²) in [5, 5.41) is 0. The number of aryl methyl sites for hydroxylation is 1. The molecule has 0 radical (unpaired) electrons. The van der Waals surface area contributed by atoms with Crippen LogP contribution < -0.4 is 0 Å². The summed E-state index contributed by atoms with van der Waals surface area (Å²) >= 11 is 0. The van der Waals surface area contributed by atoms with Crippen LogP contribution >= 0.6 is 0 Å². The minimum Gasteiger partial charge on any atom is -0.465 e. The molecule has 0 saturated carbocycles. The molecule has 2 rings (SSSR count). The number of H-pyrrole nitrogens is 1. The lowest BCUT2D eigenvalue weighted by Gasteiger charge is -2.08. The van der Waals surface area contributed by atoms with Gasteiger partial charge in [0.15, 0.2) is 12.4 Å². The van der Waals surface area contributed by atoms with Gasteiger partial charge < -0.3 is 14.5 Å². The first kappa shape index (κ1) is 20.2. The lowest BCUT2D eigenvalue weighted by Crippen LogP contribution is -2.16. The van der Waals surface area contributed by atoms with E-state index in [1.165, 1.54) is 20.1 Å². The van der Waals surface area contributed by atoms with E-state index >= 15 is 0 Å². The lowest BCUT2D eigenvalue weighted by atomic mass is 10.1. The number of hydrogen-bond acceptors (Lipinski definition) is 5. The molecule has 0 aliphatic carbocycles. The summed E-state index contributed by atoms with van der Waals surface area (Å²) in [7, 11) is 1.19. The molecular weight excluding hydrogens is 367 g/mol. The molecule has 0 atom stereocenters. The topological polar surface area (TPSA) is 85.5 Å². The second-order valence-electron chi connectivity index (χ2n) is 5.69. The maximum Gasteiger partial charge on any atom is 0.416 e. The van der Waals surface area contributed by atoms with Crippen LogP contribution in [-0.4, -0.2) is 36.4 Å². The van der Waals surface area contributed by atoms with E-state index in [1.807, 2.05) is 0 Å². The first-order chi connectivity index (χ1) is 12.6. The van der Waals surface area contributed by atoms with Crippen molar-refractivity contribution in [3.05, 3.63) is 57.9 Å². The van der Waals surface area contributed by atoms with Gasteiger partial charge in [0.25, 0.3) is 0 Å². The van der Waals surface area contributed by atoms with Crippen LogP contribution in [0.25, 0.3) is 0 Å². The molecule has 0 spiro atoms. The number of rotatable bonds is 5. The Morgan fingerprint density at radius 2 is 1.78 bits per heavy atom. The molecular formula is C18H16F3NO5. The number of carbonyl (C=O) groups is 3. The molecule has 0 fully saturated rings. The van der Waals surface area contributed by atoms with Gasteiger partial charge >= 0.3 is 18.1 Å². The van der Waals surface area contributed by atoms with Crippen molar-refractivity contribution in [2.45, 2.75) is 20.0 Å². The summed E-state index contributed by atoms with van der Waals surface area (Å²) in [5.74, 6) is -2.34. The van der Waals surface area contributed by atoms with Gasteiger partial charge in [-0.05, 0) is 31.5 Å². The highest BCUT2D eigenvalue weighted by molar-refractivity contribution is 6.01. The maximum absolute atomic E-state index is 12.7. The highest BCUT2D eigenvalue weighted by atomic mass is 19.4. The van der Waals surface area contributed by atoms with Gasteiger partial charge in [-0.1, -0.05) is 12.1 Å². The number of carbonyl (C=O) groups excluding carboxylic acids is 3. The Kier molecular flexibility index (Phi) is 5.72. The first-order valence-corrected chi connectivity index (χ1v) is 7.71. The van der Waals surface area contributed by atoms with Crippen LogP contribution in [0.15, 0.2) is 24.3 Å². The zero-order valence-electron chi connectivity index (χ0n) is 14.7. The van der Waals surface area contributed by atoms with Crippen molar-refractivity contribution in [3.8, 4) is 0 Å². The Labute approximate surface area is 152 Å². The molecule has 1 N–H and O–H groups in total. The maximum atomic E-state index is 12.7. The number of benzene rings is 1. The van der Waals surface area contributed by atoms with Crippen molar-refractivity contribution in [2.24, 2.45) is 0 Å². The smallest absolute Gasteiger partial charge is 0.416 e. The van der Waals surface area contributed by atoms with Crippen molar-refractivity contribution in [3.63, 3.8) is 0 Å². The van der Waals surface area contributed by atoms with E-state index < -0.39 is 36.1 Å². The number of methoxy groups -OCH3 is 1. The van der Waals surface area contributed by atoms with Crippen LogP contribution in [0.3, 0.4) is 0 Å². The molecule has 1 heterocycles. The van der Waals surface area contributed by atoms with Crippen LogP contribution in [-0.2, 0) is 15.7 Å². The van der Waals surface area contributed by atoms with Gasteiger partial charge in [0.05, 0.1) is 18.2 Å². The second-order valence-corrected chi connectivity index (χ2v) is 5.69. The number of ether oxygens (including phenoxy) is 2. The molecule has 0 saturated heterocycles. The highest BCUT2D eigenvalue weighted by Crippen LogP contribution is 2.29. The molecule has 144 valence electrons. The van der Waals surface area contributed by atoms with Gasteiger partial charge in [0.1, 0.15) is 5.69 Å². The standard InChI is InChI=1S/C18H16F3NO5/c1-9-14(16(24)26-3)10(2)22-15(9)17(25)27-8-13(23)11-5-4-6-12(7-11)18(19,20)21/h4-7,22H,8H2,1-3H3. The van der Waals surface area contributed by atoms with E-state index in [1.54, 1.807) is 6.92 Å². The molecule has 6 nitrogen and oxygen atoms in total. The Morgan fingerprint density at radius 1 is 1.11 bits per heavy atom. The number of ketones is 1. The largest absolute Gasteiger partial charge is 0.465 e. The van der Waals surface area contributed by atoms with Crippen molar-refractivity contribution in [2.75, 3.05) is 13.7 Å². The summed E-state index contributed by atoms with van der Waals surface area (Å²) in [5.41, 5.74) is -0.393. The number of aromatic amines is 1. The van der Waals surface area contributed by atoms with E-state index in [-0.39, 0.29) is 22.4 Å². The Hall–Kier alpha value is -3.10. The summed E-state index contributed by atoms with van der Waals surface area (Å²) in [6.45, 7) is 2.32. The number of aromatic nitrogens is 1. The summed E-state index contributed by atoms with van der Waals surface area (Å²) in [6.07, 6.45) is -4.59. The fraction of sp³-hybridized carbons (Fsp3) is 0.278. The van der Waals surface area contributed by atoms with E-state index in [0.717, 1.165) is 12.1 Å². The normalized spacial score (nSPS) is 11.2. The lowest BCUT2D eigenvalue weighted by molar-refractivity contribution is -0.137. The number of nitrogens with one attached hydrogen (secondary N) is 1. The highest BCUT2D eigenvalue weighted by Gasteiger charge is 2.31. The fourth-order valence-corrected chi connectivity index (χ4v) is 2.52. The Morgan fingerprint density at radius 3 is 2.37 bits per heavy atom. The summed E-state index contributed by atoms with van der Waals surface area (Å²) in [6, 6.07) is 3.82. The van der Waals surface area contributed by atoms with E-state index in [9.17, 15) is 27.6 Å². The molecule has 0 aliphatic heterocycles. The second kappa shape index (κ2) is 7.65. The Bertz CT molecular complexity index is 899. The third kappa shape index (κ3) is 4.36. The quantitative estimate of drug-likeness (QED) is 0.631. The van der Waals surface area contributed by atoms with E-state index in [2.05, 4.69) is 9.72 Å². The van der Waals surface area contributed by atoms with Crippen molar-refractivity contribution < 1.29 is 37.0 Å². The van der Waals surface area contributed by atoms with Gasteiger partial charge in [0, 0.05) is 11.3 Å². The molecule has 9 heteroatoms. The number of hydrogen-bond donors (Lipinski definition) is 1. The average molecular weight is 383 g/mol. The minimum absolute atomic E-state index is 0.0373. The predicted octanol–water partition coefficient (Wildman–Crippen LogP) is 3.48. The Balaban J connectivity index is 2.12. The van der Waals surface area contributed by atoms with E-state index in [4.69, 9.17) is 4.74 Å². The summed E-state index contributed by atoms with van der Waals surface area (Å²) in [4.78, 5) is 38.6. The third-order valence-electron chi connectivity index (χ3n) is 3.88. The van der Waals surface area contributed by atoms with Crippen molar-refractivity contribution in [1.29, 1.82) is 0 Å². The van der Waals surface area contributed by atoms with E-state index in [0.29, 0.717) is 11.8 Å².